The fourth-order valence-corrected chi connectivity index (χ4v) is 2.88. The minimum atomic E-state index is -4.89. The maximum Gasteiger partial charge on any atom is 0.573 e. The van der Waals surface area contributed by atoms with E-state index in [0.717, 1.165) is 28.9 Å². The molecule has 32 heavy (non-hydrogen) atoms. The summed E-state index contributed by atoms with van der Waals surface area (Å²) in [5.74, 6) is -3.25. The van der Waals surface area contributed by atoms with Crippen molar-refractivity contribution in [2.45, 2.75) is 18.8 Å². The largest absolute Gasteiger partial charge is 0.573 e. The number of carboxylic acid groups (broad SMARTS) is 1. The standard InChI is InChI=1S/C20H15F4N3O5/c21-12-2-1-3-13(8-12)27-17(28)9-16(26-27)19(31)25-15(10-18(29)30)11-4-6-14(7-5-11)32-20(22,23)24/h1-9,15,26H,10H2,(H,25,31)(H,29,30). The number of rotatable bonds is 7. The molecule has 3 aromatic rings. The topological polar surface area (TPSA) is 113 Å². The van der Waals surface area contributed by atoms with Gasteiger partial charge in [0.2, 0.25) is 0 Å². The first-order valence-electron chi connectivity index (χ1n) is 8.98. The third kappa shape index (κ3) is 5.74. The molecule has 1 atom stereocenters. The van der Waals surface area contributed by atoms with Crippen LogP contribution in [-0.2, 0) is 4.79 Å². The summed E-state index contributed by atoms with van der Waals surface area (Å²) in [5, 5.41) is 14.1. The second kappa shape index (κ2) is 8.96. The molecular weight excluding hydrogens is 438 g/mol. The lowest BCUT2D eigenvalue weighted by Crippen LogP contribution is -2.30. The van der Waals surface area contributed by atoms with Crippen LogP contribution in [0.25, 0.3) is 5.69 Å². The number of aromatic nitrogens is 2. The highest BCUT2D eigenvalue weighted by Crippen LogP contribution is 2.25. The van der Waals surface area contributed by atoms with E-state index in [1.54, 1.807) is 0 Å². The van der Waals surface area contributed by atoms with Crippen LogP contribution in [0.2, 0.25) is 0 Å². The number of hydrogen-bond donors (Lipinski definition) is 3. The number of aromatic amines is 1. The molecule has 168 valence electrons. The maximum atomic E-state index is 13.4. The van der Waals surface area contributed by atoms with Crippen LogP contribution in [0, 0.1) is 5.82 Å². The molecule has 0 saturated carbocycles. The summed E-state index contributed by atoms with van der Waals surface area (Å²) in [6.45, 7) is 0. The normalized spacial score (nSPS) is 12.2. The summed E-state index contributed by atoms with van der Waals surface area (Å²) in [5.41, 5.74) is -0.561. The smallest absolute Gasteiger partial charge is 0.481 e. The quantitative estimate of drug-likeness (QED) is 0.476. The number of aliphatic carboxylic acids is 1. The number of hydrogen-bond acceptors (Lipinski definition) is 4. The van der Waals surface area contributed by atoms with Crippen LogP contribution in [0.5, 0.6) is 5.75 Å². The van der Waals surface area contributed by atoms with Crippen LogP contribution in [0.4, 0.5) is 17.6 Å². The van der Waals surface area contributed by atoms with Crippen LogP contribution in [-0.4, -0.2) is 33.1 Å². The van der Waals surface area contributed by atoms with E-state index >= 15 is 0 Å². The zero-order valence-electron chi connectivity index (χ0n) is 16.0. The van der Waals surface area contributed by atoms with E-state index < -0.39 is 47.8 Å². The summed E-state index contributed by atoms with van der Waals surface area (Å²) >= 11 is 0. The molecule has 3 rings (SSSR count). The molecule has 1 unspecified atom stereocenters. The Bertz CT molecular complexity index is 1180. The summed E-state index contributed by atoms with van der Waals surface area (Å²) in [4.78, 5) is 36.0. The van der Waals surface area contributed by atoms with E-state index in [1.807, 2.05) is 0 Å². The third-order valence-corrected chi connectivity index (χ3v) is 4.23. The molecule has 0 fully saturated rings. The Labute approximate surface area is 177 Å². The van der Waals surface area contributed by atoms with Gasteiger partial charge in [-0.1, -0.05) is 18.2 Å². The van der Waals surface area contributed by atoms with Gasteiger partial charge >= 0.3 is 12.3 Å². The lowest BCUT2D eigenvalue weighted by molar-refractivity contribution is -0.274. The Morgan fingerprint density at radius 3 is 2.41 bits per heavy atom. The molecule has 0 aliphatic heterocycles. The average Bonchev–Trinajstić information content (AvgIpc) is 3.08. The highest BCUT2D eigenvalue weighted by Gasteiger charge is 2.31. The number of carboxylic acids is 1. The second-order valence-corrected chi connectivity index (χ2v) is 6.56. The Hall–Kier alpha value is -4.09. The van der Waals surface area contributed by atoms with Gasteiger partial charge in [-0.3, -0.25) is 19.5 Å². The van der Waals surface area contributed by atoms with Crippen molar-refractivity contribution >= 4 is 11.9 Å². The van der Waals surface area contributed by atoms with Crippen LogP contribution < -0.4 is 15.6 Å². The van der Waals surface area contributed by atoms with Gasteiger partial charge in [-0.2, -0.15) is 0 Å². The van der Waals surface area contributed by atoms with Gasteiger partial charge in [-0.05, 0) is 35.9 Å². The number of alkyl halides is 3. The van der Waals surface area contributed by atoms with Crippen molar-refractivity contribution < 1.29 is 37.0 Å². The van der Waals surface area contributed by atoms with Gasteiger partial charge in [-0.25, -0.2) is 9.07 Å². The monoisotopic (exact) mass is 453 g/mol. The molecule has 0 aliphatic carbocycles. The lowest BCUT2D eigenvalue weighted by atomic mass is 10.0. The predicted molar refractivity (Wildman–Crippen MR) is 102 cm³/mol. The molecule has 1 aromatic heterocycles. The van der Waals surface area contributed by atoms with Gasteiger partial charge in [0.15, 0.2) is 0 Å². The molecule has 0 radical (unpaired) electrons. The molecule has 3 N–H and O–H groups in total. The van der Waals surface area contributed by atoms with Crippen LogP contribution >= 0.6 is 0 Å². The lowest BCUT2D eigenvalue weighted by Gasteiger charge is -2.18. The third-order valence-electron chi connectivity index (χ3n) is 4.23. The van der Waals surface area contributed by atoms with Crippen molar-refractivity contribution in [1.82, 2.24) is 15.1 Å². The van der Waals surface area contributed by atoms with Gasteiger partial charge in [0.25, 0.3) is 11.5 Å². The van der Waals surface area contributed by atoms with Crippen molar-refractivity contribution in [3.05, 3.63) is 82.0 Å². The summed E-state index contributed by atoms with van der Waals surface area (Å²) in [6, 6.07) is 9.17. The fourth-order valence-electron chi connectivity index (χ4n) is 2.88. The summed E-state index contributed by atoms with van der Waals surface area (Å²) in [7, 11) is 0. The molecule has 1 amide bonds. The summed E-state index contributed by atoms with van der Waals surface area (Å²) < 4.78 is 55.0. The van der Waals surface area contributed by atoms with E-state index in [4.69, 9.17) is 5.11 Å². The van der Waals surface area contributed by atoms with Crippen LogP contribution in [0.3, 0.4) is 0 Å². The highest BCUT2D eigenvalue weighted by atomic mass is 19.4. The van der Waals surface area contributed by atoms with Crippen molar-refractivity contribution in [3.8, 4) is 11.4 Å². The van der Waals surface area contributed by atoms with Gasteiger partial charge in [0.05, 0.1) is 18.2 Å². The number of carbonyl (C=O) groups excluding carboxylic acids is 1. The number of halogens is 4. The van der Waals surface area contributed by atoms with Gasteiger partial charge in [-0.15, -0.1) is 13.2 Å². The van der Waals surface area contributed by atoms with E-state index in [2.05, 4.69) is 15.2 Å². The number of amides is 1. The Balaban J connectivity index is 1.82. The number of H-pyrrole nitrogens is 1. The Kier molecular flexibility index (Phi) is 6.32. The van der Waals surface area contributed by atoms with Crippen molar-refractivity contribution in [2.24, 2.45) is 0 Å². The molecule has 0 saturated heterocycles. The molecule has 8 nitrogen and oxygen atoms in total. The Morgan fingerprint density at radius 1 is 1.12 bits per heavy atom. The summed E-state index contributed by atoms with van der Waals surface area (Å²) in [6.07, 6.45) is -5.48. The highest BCUT2D eigenvalue weighted by molar-refractivity contribution is 5.92. The van der Waals surface area contributed by atoms with Gasteiger partial charge in [0, 0.05) is 6.07 Å². The molecule has 0 bridgehead atoms. The molecule has 0 aliphatic rings. The van der Waals surface area contributed by atoms with Crippen molar-refractivity contribution in [1.29, 1.82) is 0 Å². The molecule has 1 heterocycles. The van der Waals surface area contributed by atoms with E-state index in [0.29, 0.717) is 0 Å². The van der Waals surface area contributed by atoms with Crippen LogP contribution in [0.1, 0.15) is 28.5 Å². The Morgan fingerprint density at radius 2 is 1.81 bits per heavy atom. The SMILES string of the molecule is O=C(O)CC(NC(=O)c1cc(=O)n(-c2cccc(F)c2)[nH]1)c1ccc(OC(F)(F)F)cc1. The molecule has 12 heteroatoms. The van der Waals surface area contributed by atoms with Gasteiger partial charge in [0.1, 0.15) is 17.3 Å². The number of benzene rings is 2. The molecule has 0 spiro atoms. The van der Waals surface area contributed by atoms with E-state index in [1.165, 1.54) is 30.3 Å². The minimum Gasteiger partial charge on any atom is -0.481 e. The van der Waals surface area contributed by atoms with Crippen LogP contribution in [0.15, 0.2) is 59.4 Å². The average molecular weight is 453 g/mol. The molecular formula is C20H15F4N3O5. The molecule has 2 aromatic carbocycles. The number of nitrogens with zero attached hydrogens (tertiary/aromatic N) is 1. The first kappa shape index (κ1) is 22.6. The number of carbonyl (C=O) groups is 2. The minimum absolute atomic E-state index is 0.136. The first-order valence-corrected chi connectivity index (χ1v) is 8.98. The predicted octanol–water partition coefficient (Wildman–Crippen LogP) is 3.15. The zero-order chi connectivity index (χ0) is 23.5. The van der Waals surface area contributed by atoms with E-state index in [9.17, 15) is 31.9 Å². The maximum absolute atomic E-state index is 13.4. The first-order chi connectivity index (χ1) is 15.0. The van der Waals surface area contributed by atoms with E-state index in [-0.39, 0.29) is 16.9 Å². The number of nitrogens with one attached hydrogen (secondary N) is 2. The van der Waals surface area contributed by atoms with Crippen molar-refractivity contribution in [3.63, 3.8) is 0 Å². The fraction of sp³-hybridized carbons (Fsp3) is 0.150. The second-order valence-electron chi connectivity index (χ2n) is 6.56. The zero-order valence-corrected chi connectivity index (χ0v) is 16.0. The van der Waals surface area contributed by atoms with Crippen molar-refractivity contribution in [2.75, 3.05) is 0 Å². The number of ether oxygens (including phenoxy) is 1. The van der Waals surface area contributed by atoms with Gasteiger partial charge < -0.3 is 15.2 Å².